The van der Waals surface area contributed by atoms with Crippen molar-refractivity contribution in [1.29, 1.82) is 0 Å². The Hall–Kier alpha value is -3.43. The Bertz CT molecular complexity index is 1570. The minimum Gasteiger partial charge on any atom is -0.391 e. The van der Waals surface area contributed by atoms with Gasteiger partial charge in [-0.15, -0.1) is 0 Å². The highest BCUT2D eigenvalue weighted by molar-refractivity contribution is 7.87. The van der Waals surface area contributed by atoms with Crippen LogP contribution >= 0.6 is 0 Å². The lowest BCUT2D eigenvalue weighted by Gasteiger charge is -2.18. The predicted octanol–water partition coefficient (Wildman–Crippen LogP) is -1.33. The molecule has 0 amide bonds. The lowest BCUT2D eigenvalue weighted by molar-refractivity contribution is -0.0327. The van der Waals surface area contributed by atoms with Crippen LogP contribution < -0.4 is 20.5 Å². The van der Waals surface area contributed by atoms with Crippen molar-refractivity contribution in [3.8, 4) is 11.8 Å². The van der Waals surface area contributed by atoms with Crippen molar-refractivity contribution in [2.75, 3.05) is 30.3 Å². The Balaban J connectivity index is 1.49. The van der Waals surface area contributed by atoms with Crippen LogP contribution in [0.25, 0.3) is 11.0 Å². The molecule has 0 unspecified atom stereocenters. The summed E-state index contributed by atoms with van der Waals surface area (Å²) in [5, 5.41) is 35.9. The number of aliphatic hydroxyl groups is 3. The number of nitrogens with two attached hydrogens (primary N) is 2. The molecule has 3 aromatic rings. The van der Waals surface area contributed by atoms with Crippen molar-refractivity contribution >= 4 is 32.7 Å². The molecule has 5 atom stereocenters. The number of fused-ring (bicyclic) bond motifs is 1. The number of aliphatic hydroxyl groups excluding tert-OH is 3. The maximum Gasteiger partial charge on any atom is 0.274 e. The average molecular weight is 566 g/mol. The summed E-state index contributed by atoms with van der Waals surface area (Å²) in [5.74, 6) is 3.36. The van der Waals surface area contributed by atoms with Gasteiger partial charge in [0.05, 0.1) is 22.6 Å². The van der Waals surface area contributed by atoms with E-state index in [1.807, 2.05) is 4.72 Å². The van der Waals surface area contributed by atoms with Crippen LogP contribution in [0.4, 0.5) is 20.3 Å². The van der Waals surface area contributed by atoms with Crippen LogP contribution in [0.1, 0.15) is 23.8 Å². The van der Waals surface area contributed by atoms with Crippen molar-refractivity contribution in [2.45, 2.75) is 37.1 Å². The monoisotopic (exact) mass is 565 g/mol. The Morgan fingerprint density at radius 1 is 1.15 bits per heavy atom. The number of nitrogens with one attached hydrogen (secondary N) is 1. The Kier molecular flexibility index (Phi) is 7.15. The number of aromatic nitrogens is 3. The van der Waals surface area contributed by atoms with E-state index in [0.29, 0.717) is 18.7 Å². The molecular weight excluding hydrogens is 540 g/mol. The first-order valence-corrected chi connectivity index (χ1v) is 13.3. The quantitative estimate of drug-likeness (QED) is 0.201. The fourth-order valence-corrected chi connectivity index (χ4v) is 5.09. The first-order valence-electron chi connectivity index (χ1n) is 11.8. The highest BCUT2D eigenvalue weighted by Gasteiger charge is 2.44. The van der Waals surface area contributed by atoms with E-state index in [1.165, 1.54) is 10.8 Å². The van der Waals surface area contributed by atoms with Gasteiger partial charge in [0.25, 0.3) is 10.2 Å². The van der Waals surface area contributed by atoms with Crippen LogP contribution in [0.2, 0.25) is 0 Å². The molecule has 2 fully saturated rings. The summed E-state index contributed by atoms with van der Waals surface area (Å²) in [4.78, 5) is 9.76. The molecule has 2 aliphatic heterocycles. The molecule has 0 spiro atoms. The van der Waals surface area contributed by atoms with Gasteiger partial charge in [-0.25, -0.2) is 23.9 Å². The number of nitrogen functional groups attached to an aromatic ring is 1. The Labute approximate surface area is 221 Å². The van der Waals surface area contributed by atoms with Gasteiger partial charge in [0.1, 0.15) is 47.7 Å². The largest absolute Gasteiger partial charge is 0.391 e. The number of halogens is 2. The fraction of sp³-hybridized carbons (Fsp3) is 0.391. The van der Waals surface area contributed by atoms with Crippen LogP contribution in [0.5, 0.6) is 0 Å². The number of β-amino-alcohol motifs (C(OH)–C–C–N with tert-alkyl or cyclic N) is 1. The Morgan fingerprint density at radius 2 is 1.87 bits per heavy atom. The van der Waals surface area contributed by atoms with Gasteiger partial charge in [-0.2, -0.15) is 13.1 Å². The summed E-state index contributed by atoms with van der Waals surface area (Å²) in [6.45, 7) is 0.319. The first kappa shape index (κ1) is 27.1. The zero-order valence-corrected chi connectivity index (χ0v) is 21.0. The van der Waals surface area contributed by atoms with Crippen molar-refractivity contribution < 1.29 is 37.3 Å². The molecule has 5 rings (SSSR count). The summed E-state index contributed by atoms with van der Waals surface area (Å²) in [6.07, 6.45) is -2.96. The molecule has 2 saturated heterocycles. The van der Waals surface area contributed by atoms with Gasteiger partial charge in [0, 0.05) is 31.5 Å². The van der Waals surface area contributed by atoms with E-state index in [2.05, 4.69) is 21.8 Å². The molecule has 16 heteroatoms. The van der Waals surface area contributed by atoms with Crippen molar-refractivity contribution in [3.63, 3.8) is 0 Å². The molecular formula is C23H25F2N7O6S. The number of benzene rings is 1. The predicted molar refractivity (Wildman–Crippen MR) is 134 cm³/mol. The number of rotatable bonds is 5. The van der Waals surface area contributed by atoms with Gasteiger partial charge >= 0.3 is 0 Å². The molecule has 0 bridgehead atoms. The normalized spacial score (nSPS) is 25.3. The molecule has 208 valence electrons. The molecule has 39 heavy (non-hydrogen) atoms. The SMILES string of the molecule is Nc1ncnc2c1c(C#Cc1c(F)cc(N3CC[C@@H](O)C3)cc1F)cn2[C@@H]1O[C@H](CNS(N)(=O)=O)[C@@H](O)[C@H]1O. The second-order valence-corrected chi connectivity index (χ2v) is 10.6. The smallest absolute Gasteiger partial charge is 0.274 e. The third-order valence-electron chi connectivity index (χ3n) is 6.61. The van der Waals surface area contributed by atoms with Crippen LogP contribution in [-0.4, -0.2) is 82.3 Å². The standard InChI is InChI=1S/C23H25F2N7O6S/c24-15-5-12(31-4-3-13(33)9-31)6-16(25)14(15)2-1-11-8-32(22-18(11)21(26)28-10-29-22)23-20(35)19(34)17(38-23)7-30-39(27,36)37/h5-6,8,10,13,17,19-20,23,30,33-35H,3-4,7,9H2,(H2,26,28,29)(H2,27,36,37)/t13-,17-,19-,20-,23-/m1/s1. The van der Waals surface area contributed by atoms with Crippen LogP contribution in [0.15, 0.2) is 24.7 Å². The van der Waals surface area contributed by atoms with E-state index in [0.717, 1.165) is 18.5 Å². The van der Waals surface area contributed by atoms with E-state index in [4.69, 9.17) is 15.6 Å². The summed E-state index contributed by atoms with van der Waals surface area (Å²) in [5.41, 5.74) is 6.14. The topological polar surface area (TPSA) is 202 Å². The number of hydrogen-bond donors (Lipinski definition) is 6. The van der Waals surface area contributed by atoms with Gasteiger partial charge in [-0.1, -0.05) is 11.8 Å². The van der Waals surface area contributed by atoms with Crippen LogP contribution in [0.3, 0.4) is 0 Å². The van der Waals surface area contributed by atoms with E-state index >= 15 is 0 Å². The molecule has 4 heterocycles. The molecule has 8 N–H and O–H groups in total. The maximum atomic E-state index is 14.9. The first-order chi connectivity index (χ1) is 18.4. The van der Waals surface area contributed by atoms with Crippen molar-refractivity contribution in [3.05, 3.63) is 47.4 Å². The minimum atomic E-state index is -4.08. The summed E-state index contributed by atoms with van der Waals surface area (Å²) >= 11 is 0. The highest BCUT2D eigenvalue weighted by atomic mass is 32.2. The zero-order valence-electron chi connectivity index (χ0n) is 20.2. The van der Waals surface area contributed by atoms with E-state index in [9.17, 15) is 32.5 Å². The number of hydrogen-bond acceptors (Lipinski definition) is 10. The Morgan fingerprint density at radius 3 is 2.51 bits per heavy atom. The average Bonchev–Trinajstić information content (AvgIpc) is 3.54. The zero-order chi connectivity index (χ0) is 28.1. The van der Waals surface area contributed by atoms with E-state index in [1.54, 1.807) is 4.90 Å². The fourth-order valence-electron chi connectivity index (χ4n) is 4.69. The number of nitrogens with zero attached hydrogens (tertiary/aromatic N) is 4. The second-order valence-electron chi connectivity index (χ2n) is 9.27. The summed E-state index contributed by atoms with van der Waals surface area (Å²) in [6, 6.07) is 2.29. The second kappa shape index (κ2) is 10.3. The molecule has 1 aromatic carbocycles. The molecule has 2 aromatic heterocycles. The van der Waals surface area contributed by atoms with Crippen LogP contribution in [0, 0.1) is 23.5 Å². The number of ether oxygens (including phenoxy) is 1. The van der Waals surface area contributed by atoms with Crippen molar-refractivity contribution in [2.24, 2.45) is 5.14 Å². The van der Waals surface area contributed by atoms with E-state index < -0.39 is 64.6 Å². The summed E-state index contributed by atoms with van der Waals surface area (Å²) < 4.78 is 61.2. The third-order valence-corrected chi connectivity index (χ3v) is 7.18. The lowest BCUT2D eigenvalue weighted by atomic mass is 10.1. The van der Waals surface area contributed by atoms with Crippen LogP contribution in [-0.2, 0) is 14.9 Å². The molecule has 2 aliphatic rings. The lowest BCUT2D eigenvalue weighted by Crippen LogP contribution is -2.42. The molecule has 13 nitrogen and oxygen atoms in total. The van der Waals surface area contributed by atoms with Gasteiger partial charge in [-0.05, 0) is 18.6 Å². The summed E-state index contributed by atoms with van der Waals surface area (Å²) in [7, 11) is -4.08. The third kappa shape index (κ3) is 5.38. The molecule has 0 saturated carbocycles. The molecule has 0 radical (unpaired) electrons. The minimum absolute atomic E-state index is 0.00703. The van der Waals surface area contributed by atoms with Gasteiger partial charge in [0.2, 0.25) is 0 Å². The van der Waals surface area contributed by atoms with Gasteiger partial charge in [-0.3, -0.25) is 0 Å². The molecule has 0 aliphatic carbocycles. The van der Waals surface area contributed by atoms with Gasteiger partial charge < -0.3 is 35.3 Å². The van der Waals surface area contributed by atoms with Crippen molar-refractivity contribution in [1.82, 2.24) is 19.3 Å². The number of anilines is 2. The van der Waals surface area contributed by atoms with E-state index in [-0.39, 0.29) is 29.0 Å². The van der Waals surface area contributed by atoms with Gasteiger partial charge in [0.15, 0.2) is 6.23 Å². The highest BCUT2D eigenvalue weighted by Crippen LogP contribution is 2.34. The maximum absolute atomic E-state index is 14.9.